The van der Waals surface area contributed by atoms with Gasteiger partial charge in [-0.3, -0.25) is 4.90 Å². The van der Waals surface area contributed by atoms with E-state index < -0.39 is 0 Å². The van der Waals surface area contributed by atoms with Crippen LogP contribution in [0.5, 0.6) is 5.75 Å². The molecule has 0 aliphatic carbocycles. The molecule has 2 rings (SSSR count). The molecular formula is C16H26N2O. The summed E-state index contributed by atoms with van der Waals surface area (Å²) in [6.45, 7) is 8.25. The number of nitrogens with zero attached hydrogens (tertiary/aromatic N) is 1. The van der Waals surface area contributed by atoms with Crippen molar-refractivity contribution in [2.24, 2.45) is 11.7 Å². The number of ether oxygens (including phenoxy) is 1. The molecule has 0 radical (unpaired) electrons. The molecule has 0 amide bonds. The highest BCUT2D eigenvalue weighted by molar-refractivity contribution is 5.28. The lowest BCUT2D eigenvalue weighted by Crippen LogP contribution is -2.37. The largest absolute Gasteiger partial charge is 0.491 e. The van der Waals surface area contributed by atoms with Crippen LogP contribution < -0.4 is 10.5 Å². The van der Waals surface area contributed by atoms with Crippen LogP contribution in [-0.4, -0.2) is 30.6 Å². The van der Waals surface area contributed by atoms with E-state index in [1.54, 1.807) is 0 Å². The fraction of sp³-hybridized carbons (Fsp3) is 0.625. The molecule has 2 N–H and O–H groups in total. The molecule has 0 bridgehead atoms. The van der Waals surface area contributed by atoms with Gasteiger partial charge in [0.1, 0.15) is 5.75 Å². The van der Waals surface area contributed by atoms with Gasteiger partial charge in [-0.05, 0) is 63.4 Å². The van der Waals surface area contributed by atoms with Gasteiger partial charge in [0.15, 0.2) is 0 Å². The van der Waals surface area contributed by atoms with Crippen LogP contribution in [0.4, 0.5) is 0 Å². The normalized spacial score (nSPS) is 20.7. The Balaban J connectivity index is 1.94. The van der Waals surface area contributed by atoms with Crippen molar-refractivity contribution < 1.29 is 4.74 Å². The van der Waals surface area contributed by atoms with Crippen molar-refractivity contribution in [2.45, 2.75) is 39.3 Å². The SMILES string of the molecule is CC(C)Oc1cccc(CN2CCCC(CN)C2)c1. The van der Waals surface area contributed by atoms with Crippen molar-refractivity contribution in [2.75, 3.05) is 19.6 Å². The summed E-state index contributed by atoms with van der Waals surface area (Å²) in [5.41, 5.74) is 7.12. The van der Waals surface area contributed by atoms with Crippen molar-refractivity contribution in [3.8, 4) is 5.75 Å². The van der Waals surface area contributed by atoms with Crippen molar-refractivity contribution in [1.82, 2.24) is 4.90 Å². The topological polar surface area (TPSA) is 38.5 Å². The zero-order chi connectivity index (χ0) is 13.7. The molecule has 0 spiro atoms. The van der Waals surface area contributed by atoms with E-state index >= 15 is 0 Å². The van der Waals surface area contributed by atoms with E-state index in [0.717, 1.165) is 25.4 Å². The molecule has 1 unspecified atom stereocenters. The van der Waals surface area contributed by atoms with Gasteiger partial charge in [0.25, 0.3) is 0 Å². The highest BCUT2D eigenvalue weighted by Gasteiger charge is 2.18. The molecule has 1 aromatic carbocycles. The van der Waals surface area contributed by atoms with Crippen LogP contribution in [-0.2, 0) is 6.54 Å². The fourth-order valence-electron chi connectivity index (χ4n) is 2.73. The van der Waals surface area contributed by atoms with E-state index in [1.165, 1.54) is 24.9 Å². The number of hydrogen-bond acceptors (Lipinski definition) is 3. The fourth-order valence-corrected chi connectivity index (χ4v) is 2.73. The number of nitrogens with two attached hydrogens (primary N) is 1. The molecule has 1 fully saturated rings. The maximum absolute atomic E-state index is 5.79. The third-order valence-electron chi connectivity index (χ3n) is 3.61. The van der Waals surface area contributed by atoms with Crippen molar-refractivity contribution in [3.05, 3.63) is 29.8 Å². The van der Waals surface area contributed by atoms with Crippen molar-refractivity contribution in [1.29, 1.82) is 0 Å². The van der Waals surface area contributed by atoms with Gasteiger partial charge in [-0.15, -0.1) is 0 Å². The highest BCUT2D eigenvalue weighted by atomic mass is 16.5. The molecule has 19 heavy (non-hydrogen) atoms. The maximum Gasteiger partial charge on any atom is 0.120 e. The van der Waals surface area contributed by atoms with Crippen molar-refractivity contribution in [3.63, 3.8) is 0 Å². The summed E-state index contributed by atoms with van der Waals surface area (Å²) in [5.74, 6) is 1.64. The third kappa shape index (κ3) is 4.51. The molecule has 1 aliphatic heterocycles. The Morgan fingerprint density at radius 1 is 1.42 bits per heavy atom. The Kier molecular flexibility index (Phi) is 5.23. The highest BCUT2D eigenvalue weighted by Crippen LogP contribution is 2.20. The summed E-state index contributed by atoms with van der Waals surface area (Å²) in [6.07, 6.45) is 2.78. The first-order chi connectivity index (χ1) is 9.17. The van der Waals surface area contributed by atoms with E-state index in [-0.39, 0.29) is 6.10 Å². The van der Waals surface area contributed by atoms with Crippen LogP contribution in [0.15, 0.2) is 24.3 Å². The van der Waals surface area contributed by atoms with E-state index in [1.807, 2.05) is 6.07 Å². The first-order valence-electron chi connectivity index (χ1n) is 7.35. The Hall–Kier alpha value is -1.06. The summed E-state index contributed by atoms with van der Waals surface area (Å²) in [5, 5.41) is 0. The predicted molar refractivity (Wildman–Crippen MR) is 79.3 cm³/mol. The summed E-state index contributed by atoms with van der Waals surface area (Å²) < 4.78 is 5.75. The molecule has 1 aromatic rings. The number of benzene rings is 1. The molecule has 1 heterocycles. The Bertz CT molecular complexity index is 392. The predicted octanol–water partition coefficient (Wildman–Crippen LogP) is 2.64. The minimum absolute atomic E-state index is 0.229. The molecule has 3 nitrogen and oxygen atoms in total. The van der Waals surface area contributed by atoms with Gasteiger partial charge in [-0.25, -0.2) is 0 Å². The molecular weight excluding hydrogens is 236 g/mol. The lowest BCUT2D eigenvalue weighted by Gasteiger charge is -2.32. The summed E-state index contributed by atoms with van der Waals surface area (Å²) in [7, 11) is 0. The van der Waals surface area contributed by atoms with E-state index in [0.29, 0.717) is 5.92 Å². The first-order valence-corrected chi connectivity index (χ1v) is 7.35. The van der Waals surface area contributed by atoms with Gasteiger partial charge in [-0.1, -0.05) is 12.1 Å². The standard InChI is InChI=1S/C16H26N2O/c1-13(2)19-16-7-3-5-14(9-16)11-18-8-4-6-15(10-17)12-18/h3,5,7,9,13,15H,4,6,8,10-12,17H2,1-2H3. The summed E-state index contributed by atoms with van der Waals surface area (Å²) in [4.78, 5) is 2.51. The zero-order valence-corrected chi connectivity index (χ0v) is 12.1. The Morgan fingerprint density at radius 3 is 3.00 bits per heavy atom. The number of piperidine rings is 1. The minimum Gasteiger partial charge on any atom is -0.491 e. The minimum atomic E-state index is 0.229. The van der Waals surface area contributed by atoms with Crippen LogP contribution in [0.2, 0.25) is 0 Å². The quantitative estimate of drug-likeness (QED) is 0.886. The molecule has 1 saturated heterocycles. The van der Waals surface area contributed by atoms with Crippen LogP contribution in [0.1, 0.15) is 32.3 Å². The molecule has 1 aliphatic rings. The molecule has 0 saturated carbocycles. The van der Waals surface area contributed by atoms with Gasteiger partial charge in [0.05, 0.1) is 6.10 Å². The average molecular weight is 262 g/mol. The van der Waals surface area contributed by atoms with Crippen LogP contribution in [0.25, 0.3) is 0 Å². The smallest absolute Gasteiger partial charge is 0.120 e. The van der Waals surface area contributed by atoms with Crippen LogP contribution >= 0.6 is 0 Å². The second-order valence-corrected chi connectivity index (χ2v) is 5.79. The van der Waals surface area contributed by atoms with Gasteiger partial charge < -0.3 is 10.5 Å². The Labute approximate surface area is 116 Å². The van der Waals surface area contributed by atoms with Gasteiger partial charge in [-0.2, -0.15) is 0 Å². The maximum atomic E-state index is 5.79. The average Bonchev–Trinajstić information content (AvgIpc) is 2.38. The lowest BCUT2D eigenvalue weighted by molar-refractivity contribution is 0.170. The third-order valence-corrected chi connectivity index (χ3v) is 3.61. The van der Waals surface area contributed by atoms with Gasteiger partial charge in [0, 0.05) is 13.1 Å². The molecule has 3 heteroatoms. The van der Waals surface area contributed by atoms with Gasteiger partial charge >= 0.3 is 0 Å². The van der Waals surface area contributed by atoms with E-state index in [4.69, 9.17) is 10.5 Å². The van der Waals surface area contributed by atoms with Gasteiger partial charge in [0.2, 0.25) is 0 Å². The Morgan fingerprint density at radius 2 is 2.26 bits per heavy atom. The van der Waals surface area contributed by atoms with Crippen LogP contribution in [0.3, 0.4) is 0 Å². The lowest BCUT2D eigenvalue weighted by atomic mass is 9.98. The van der Waals surface area contributed by atoms with Crippen LogP contribution in [0, 0.1) is 5.92 Å². The molecule has 106 valence electrons. The van der Waals surface area contributed by atoms with E-state index in [9.17, 15) is 0 Å². The van der Waals surface area contributed by atoms with Crippen molar-refractivity contribution >= 4 is 0 Å². The number of hydrogen-bond donors (Lipinski definition) is 1. The second kappa shape index (κ2) is 6.92. The second-order valence-electron chi connectivity index (χ2n) is 5.79. The summed E-state index contributed by atoms with van der Waals surface area (Å²) in [6, 6.07) is 8.45. The molecule has 0 aromatic heterocycles. The number of rotatable bonds is 5. The zero-order valence-electron chi connectivity index (χ0n) is 12.1. The molecule has 1 atom stereocenters. The van der Waals surface area contributed by atoms with E-state index in [2.05, 4.69) is 36.9 Å². The summed E-state index contributed by atoms with van der Waals surface area (Å²) >= 11 is 0. The monoisotopic (exact) mass is 262 g/mol. The number of likely N-dealkylation sites (tertiary alicyclic amines) is 1. The first kappa shape index (κ1) is 14.4.